The van der Waals surface area contributed by atoms with E-state index in [9.17, 15) is 4.79 Å². The van der Waals surface area contributed by atoms with Crippen LogP contribution in [0.1, 0.15) is 9.80 Å². The van der Waals surface area contributed by atoms with E-state index in [1.165, 1.54) is 18.4 Å². The number of benzene rings is 1. The van der Waals surface area contributed by atoms with Gasteiger partial charge >= 0.3 is 5.97 Å². The topological polar surface area (TPSA) is 48.4 Å². The van der Waals surface area contributed by atoms with Gasteiger partial charge in [-0.3, -0.25) is 0 Å². The molecule has 2 rings (SSSR count). The first-order valence-electron chi connectivity index (χ1n) is 4.27. The predicted molar refractivity (Wildman–Crippen MR) is 57.5 cm³/mol. The maximum atomic E-state index is 11.2. The summed E-state index contributed by atoms with van der Waals surface area (Å²) in [7, 11) is 2.94. The number of carbonyl (C=O) groups excluding carboxylic acids is 1. The van der Waals surface area contributed by atoms with E-state index in [-0.39, 0.29) is 0 Å². The molecule has 2 aromatic rings. The smallest absolute Gasteiger partial charge is 0.367 e. The molecule has 1 aromatic heterocycles. The van der Waals surface area contributed by atoms with Gasteiger partial charge < -0.3 is 9.47 Å². The van der Waals surface area contributed by atoms with E-state index >= 15 is 0 Å². The lowest BCUT2D eigenvalue weighted by Crippen LogP contribution is -1.99. The van der Waals surface area contributed by atoms with E-state index in [1.807, 2.05) is 18.2 Å². The van der Waals surface area contributed by atoms with Gasteiger partial charge in [-0.05, 0) is 18.2 Å². The average Bonchev–Trinajstić information content (AvgIpc) is 2.70. The van der Waals surface area contributed by atoms with Crippen LogP contribution in [-0.2, 0) is 4.74 Å². The molecule has 4 nitrogen and oxygen atoms in total. The van der Waals surface area contributed by atoms with Gasteiger partial charge in [-0.1, -0.05) is 0 Å². The Morgan fingerprint density at radius 1 is 1.40 bits per heavy atom. The van der Waals surface area contributed by atoms with Gasteiger partial charge in [0, 0.05) is 0 Å². The van der Waals surface area contributed by atoms with E-state index in [0.717, 1.165) is 16.0 Å². The maximum absolute atomic E-state index is 11.2. The summed E-state index contributed by atoms with van der Waals surface area (Å²) in [5, 5.41) is 0.362. The van der Waals surface area contributed by atoms with Crippen LogP contribution >= 0.6 is 11.3 Å². The van der Waals surface area contributed by atoms with Crippen LogP contribution in [0.15, 0.2) is 18.2 Å². The van der Waals surface area contributed by atoms with Crippen molar-refractivity contribution in [3.8, 4) is 5.75 Å². The second-order valence-corrected chi connectivity index (χ2v) is 3.87. The molecular formula is C10H9NO3S. The molecule has 0 fully saturated rings. The highest BCUT2D eigenvalue weighted by molar-refractivity contribution is 7.20. The lowest BCUT2D eigenvalue weighted by Gasteiger charge is -1.96. The van der Waals surface area contributed by atoms with Crippen molar-refractivity contribution in [3.05, 3.63) is 23.2 Å². The quantitative estimate of drug-likeness (QED) is 0.731. The fourth-order valence-corrected chi connectivity index (χ4v) is 2.12. The number of hydrogen-bond donors (Lipinski definition) is 0. The molecule has 0 amide bonds. The Morgan fingerprint density at radius 3 is 2.87 bits per heavy atom. The highest BCUT2D eigenvalue weighted by Gasteiger charge is 2.12. The van der Waals surface area contributed by atoms with Gasteiger partial charge in [0.05, 0.1) is 24.4 Å². The van der Waals surface area contributed by atoms with Crippen LogP contribution in [-0.4, -0.2) is 25.2 Å². The molecule has 15 heavy (non-hydrogen) atoms. The number of carbonyl (C=O) groups is 1. The van der Waals surface area contributed by atoms with E-state index < -0.39 is 5.97 Å². The second-order valence-electron chi connectivity index (χ2n) is 2.84. The van der Waals surface area contributed by atoms with Crippen molar-refractivity contribution in [2.24, 2.45) is 0 Å². The van der Waals surface area contributed by atoms with Crippen LogP contribution < -0.4 is 4.74 Å². The van der Waals surface area contributed by atoms with Crippen molar-refractivity contribution in [2.45, 2.75) is 0 Å². The minimum absolute atomic E-state index is 0.362. The molecule has 1 heterocycles. The van der Waals surface area contributed by atoms with E-state index in [1.54, 1.807) is 7.11 Å². The van der Waals surface area contributed by atoms with E-state index in [0.29, 0.717) is 5.01 Å². The summed E-state index contributed by atoms with van der Waals surface area (Å²) in [6, 6.07) is 5.47. The molecule has 0 saturated heterocycles. The normalized spacial score (nSPS) is 10.3. The number of thiazole rings is 1. The first-order chi connectivity index (χ1) is 7.24. The summed E-state index contributed by atoms with van der Waals surface area (Å²) in [4.78, 5) is 15.4. The molecule has 5 heteroatoms. The van der Waals surface area contributed by atoms with E-state index in [2.05, 4.69) is 9.72 Å². The van der Waals surface area contributed by atoms with Gasteiger partial charge in [0.25, 0.3) is 0 Å². The number of nitrogens with zero attached hydrogens (tertiary/aromatic N) is 1. The highest BCUT2D eigenvalue weighted by atomic mass is 32.1. The van der Waals surface area contributed by atoms with Crippen molar-refractivity contribution in [2.75, 3.05) is 14.2 Å². The molecule has 0 unspecified atom stereocenters. The number of fused-ring (bicyclic) bond motifs is 1. The number of methoxy groups -OCH3 is 2. The van der Waals surface area contributed by atoms with Crippen molar-refractivity contribution in [3.63, 3.8) is 0 Å². The Kier molecular flexibility index (Phi) is 2.55. The Labute approximate surface area is 90.5 Å². The standard InChI is InChI=1S/C10H9NO3S/c1-13-6-3-4-7-8(5-6)15-9(11-7)10(12)14-2/h3-5H,1-2H3. The molecule has 0 N–H and O–H groups in total. The fourth-order valence-electron chi connectivity index (χ4n) is 1.21. The zero-order valence-electron chi connectivity index (χ0n) is 8.31. The summed E-state index contributed by atoms with van der Waals surface area (Å²) in [5.74, 6) is 0.345. The first kappa shape index (κ1) is 9.92. The first-order valence-corrected chi connectivity index (χ1v) is 5.09. The van der Waals surface area contributed by atoms with Gasteiger partial charge in [0.2, 0.25) is 5.01 Å². The van der Waals surface area contributed by atoms with Crippen molar-refractivity contribution >= 4 is 27.5 Å². The molecule has 0 radical (unpaired) electrons. The molecule has 0 aliphatic heterocycles. The zero-order valence-corrected chi connectivity index (χ0v) is 9.13. The minimum Gasteiger partial charge on any atom is -0.497 e. The predicted octanol–water partition coefficient (Wildman–Crippen LogP) is 2.09. The third-order valence-electron chi connectivity index (χ3n) is 1.96. The van der Waals surface area contributed by atoms with Gasteiger partial charge in [-0.15, -0.1) is 11.3 Å². The fraction of sp³-hybridized carbons (Fsp3) is 0.200. The van der Waals surface area contributed by atoms with Gasteiger partial charge in [0.1, 0.15) is 5.75 Å². The summed E-state index contributed by atoms with van der Waals surface area (Å²) < 4.78 is 10.6. The van der Waals surface area contributed by atoms with Gasteiger partial charge in [-0.25, -0.2) is 9.78 Å². The summed E-state index contributed by atoms with van der Waals surface area (Å²) in [6.45, 7) is 0. The van der Waals surface area contributed by atoms with Crippen LogP contribution in [0, 0.1) is 0 Å². The summed E-state index contributed by atoms with van der Waals surface area (Å²) in [5.41, 5.74) is 0.779. The number of hydrogen-bond acceptors (Lipinski definition) is 5. The molecule has 0 aliphatic carbocycles. The minimum atomic E-state index is -0.407. The van der Waals surface area contributed by atoms with Crippen molar-refractivity contribution in [1.82, 2.24) is 4.98 Å². The molecule has 1 aromatic carbocycles. The molecule has 0 spiro atoms. The van der Waals surface area contributed by atoms with Crippen molar-refractivity contribution in [1.29, 1.82) is 0 Å². The summed E-state index contributed by atoms with van der Waals surface area (Å²) >= 11 is 1.29. The molecule has 0 atom stereocenters. The van der Waals surface area contributed by atoms with Crippen LogP contribution in [0.5, 0.6) is 5.75 Å². The highest BCUT2D eigenvalue weighted by Crippen LogP contribution is 2.26. The molecule has 0 saturated carbocycles. The van der Waals surface area contributed by atoms with Crippen LogP contribution in [0.2, 0.25) is 0 Å². The SMILES string of the molecule is COC(=O)c1nc2ccc(OC)cc2s1. The second kappa shape index (κ2) is 3.86. The Morgan fingerprint density at radius 2 is 2.20 bits per heavy atom. The molecular weight excluding hydrogens is 214 g/mol. The number of aromatic nitrogens is 1. The van der Waals surface area contributed by atoms with Gasteiger partial charge in [0.15, 0.2) is 0 Å². The third kappa shape index (κ3) is 1.78. The monoisotopic (exact) mass is 223 g/mol. The van der Waals surface area contributed by atoms with Crippen LogP contribution in [0.3, 0.4) is 0 Å². The third-order valence-corrected chi connectivity index (χ3v) is 2.95. The zero-order chi connectivity index (χ0) is 10.8. The van der Waals surface area contributed by atoms with E-state index in [4.69, 9.17) is 4.74 Å². The number of ether oxygens (including phenoxy) is 2. The largest absolute Gasteiger partial charge is 0.497 e. The van der Waals surface area contributed by atoms with Gasteiger partial charge in [-0.2, -0.15) is 0 Å². The molecule has 0 bridgehead atoms. The Hall–Kier alpha value is -1.62. The maximum Gasteiger partial charge on any atom is 0.367 e. The number of rotatable bonds is 2. The lowest BCUT2D eigenvalue weighted by atomic mass is 10.3. The molecule has 78 valence electrons. The van der Waals surface area contributed by atoms with Crippen molar-refractivity contribution < 1.29 is 14.3 Å². The Balaban J connectivity index is 2.51. The van der Waals surface area contributed by atoms with Crippen LogP contribution in [0.25, 0.3) is 10.2 Å². The van der Waals surface area contributed by atoms with Crippen LogP contribution in [0.4, 0.5) is 0 Å². The summed E-state index contributed by atoms with van der Waals surface area (Å²) in [6.07, 6.45) is 0. The average molecular weight is 223 g/mol. The molecule has 0 aliphatic rings. The number of esters is 1. The Bertz CT molecular complexity index is 506. The lowest BCUT2D eigenvalue weighted by molar-refractivity contribution is 0.0600.